The minimum atomic E-state index is -4.19. The van der Waals surface area contributed by atoms with Gasteiger partial charge in [-0.3, -0.25) is 13.9 Å². The van der Waals surface area contributed by atoms with Crippen molar-refractivity contribution in [1.82, 2.24) is 10.2 Å². The zero-order valence-corrected chi connectivity index (χ0v) is 23.7. The summed E-state index contributed by atoms with van der Waals surface area (Å²) in [7, 11) is -4.19. The molecular weight excluding hydrogens is 517 g/mol. The van der Waals surface area contributed by atoms with Crippen molar-refractivity contribution in [2.75, 3.05) is 17.4 Å². The van der Waals surface area contributed by atoms with Gasteiger partial charge < -0.3 is 10.2 Å². The summed E-state index contributed by atoms with van der Waals surface area (Å²) in [6.07, 6.45) is 1.71. The van der Waals surface area contributed by atoms with Crippen molar-refractivity contribution in [1.29, 1.82) is 0 Å². The molecule has 0 aliphatic carbocycles. The van der Waals surface area contributed by atoms with E-state index in [0.717, 1.165) is 46.0 Å². The van der Waals surface area contributed by atoms with E-state index >= 15 is 0 Å². The van der Waals surface area contributed by atoms with Crippen LogP contribution in [0.15, 0.2) is 77.7 Å². The second-order valence-electron chi connectivity index (χ2n) is 9.57. The molecule has 3 aromatic rings. The SMILES string of the molecule is CCCCNC(=O)C(C)N(Cc1ccccc1C)C(=O)CN(c1ccc(F)cc1)S(=O)(=O)c1ccc(C)cc1. The minimum Gasteiger partial charge on any atom is -0.354 e. The zero-order valence-electron chi connectivity index (χ0n) is 22.9. The third-order valence-electron chi connectivity index (χ3n) is 6.60. The van der Waals surface area contributed by atoms with Crippen LogP contribution in [0.3, 0.4) is 0 Å². The summed E-state index contributed by atoms with van der Waals surface area (Å²) in [5.41, 5.74) is 2.80. The fourth-order valence-electron chi connectivity index (χ4n) is 4.06. The predicted octanol–water partition coefficient (Wildman–Crippen LogP) is 4.97. The van der Waals surface area contributed by atoms with Gasteiger partial charge in [0.15, 0.2) is 0 Å². The van der Waals surface area contributed by atoms with Crippen molar-refractivity contribution in [3.63, 3.8) is 0 Å². The van der Waals surface area contributed by atoms with Gasteiger partial charge in [-0.15, -0.1) is 0 Å². The van der Waals surface area contributed by atoms with Crippen molar-refractivity contribution in [3.8, 4) is 0 Å². The number of carbonyl (C=O) groups excluding carboxylic acids is 2. The molecule has 39 heavy (non-hydrogen) atoms. The smallest absolute Gasteiger partial charge is 0.264 e. The maximum Gasteiger partial charge on any atom is 0.264 e. The van der Waals surface area contributed by atoms with Gasteiger partial charge in [0.1, 0.15) is 18.4 Å². The number of benzene rings is 3. The van der Waals surface area contributed by atoms with Crippen LogP contribution < -0.4 is 9.62 Å². The number of sulfonamides is 1. The highest BCUT2D eigenvalue weighted by atomic mass is 32.2. The molecule has 0 spiro atoms. The minimum absolute atomic E-state index is 0.000959. The van der Waals surface area contributed by atoms with Gasteiger partial charge >= 0.3 is 0 Å². The van der Waals surface area contributed by atoms with E-state index in [-0.39, 0.29) is 23.0 Å². The summed E-state index contributed by atoms with van der Waals surface area (Å²) in [6, 6.07) is 17.9. The zero-order chi connectivity index (χ0) is 28.6. The molecule has 1 atom stereocenters. The number of unbranched alkanes of at least 4 members (excludes halogenated alkanes) is 1. The Bertz CT molecular complexity index is 1380. The van der Waals surface area contributed by atoms with Crippen molar-refractivity contribution in [3.05, 3.63) is 95.3 Å². The summed E-state index contributed by atoms with van der Waals surface area (Å²) in [5.74, 6) is -1.41. The molecule has 0 saturated carbocycles. The average Bonchev–Trinajstić information content (AvgIpc) is 2.91. The van der Waals surface area contributed by atoms with Gasteiger partial charge in [-0.1, -0.05) is 55.3 Å². The monoisotopic (exact) mass is 553 g/mol. The Balaban J connectivity index is 2.00. The van der Waals surface area contributed by atoms with Crippen LogP contribution in [0.5, 0.6) is 0 Å². The van der Waals surface area contributed by atoms with Crippen molar-refractivity contribution in [2.24, 2.45) is 0 Å². The van der Waals surface area contributed by atoms with E-state index in [1.54, 1.807) is 19.1 Å². The van der Waals surface area contributed by atoms with Crippen LogP contribution in [-0.4, -0.2) is 44.3 Å². The summed E-state index contributed by atoms with van der Waals surface area (Å²) in [6.45, 7) is 7.44. The lowest BCUT2D eigenvalue weighted by Crippen LogP contribution is -2.51. The second kappa shape index (κ2) is 13.4. The van der Waals surface area contributed by atoms with Crippen molar-refractivity contribution < 1.29 is 22.4 Å². The Kier molecular flexibility index (Phi) is 10.2. The van der Waals surface area contributed by atoms with Crippen molar-refractivity contribution >= 4 is 27.5 Å². The molecule has 1 unspecified atom stereocenters. The molecule has 0 aliphatic rings. The van der Waals surface area contributed by atoms with Gasteiger partial charge in [-0.05, 0) is 74.7 Å². The van der Waals surface area contributed by atoms with Gasteiger partial charge in [0.25, 0.3) is 10.0 Å². The van der Waals surface area contributed by atoms with Crippen LogP contribution in [0.4, 0.5) is 10.1 Å². The van der Waals surface area contributed by atoms with Gasteiger partial charge in [-0.2, -0.15) is 0 Å². The number of anilines is 1. The molecule has 0 aromatic heterocycles. The molecule has 0 aliphatic heterocycles. The van der Waals surface area contributed by atoms with Crippen LogP contribution in [-0.2, 0) is 26.2 Å². The Morgan fingerprint density at radius 2 is 1.59 bits per heavy atom. The lowest BCUT2D eigenvalue weighted by atomic mass is 10.1. The Hall–Kier alpha value is -3.72. The molecular formula is C30H36FN3O4S. The van der Waals surface area contributed by atoms with Gasteiger partial charge in [0.2, 0.25) is 11.8 Å². The Morgan fingerprint density at radius 1 is 0.949 bits per heavy atom. The first-order valence-corrected chi connectivity index (χ1v) is 14.4. The van der Waals surface area contributed by atoms with E-state index in [4.69, 9.17) is 0 Å². The molecule has 208 valence electrons. The van der Waals surface area contributed by atoms with Crippen molar-refractivity contribution in [2.45, 2.75) is 58.0 Å². The normalized spacial score (nSPS) is 12.0. The molecule has 9 heteroatoms. The third kappa shape index (κ3) is 7.66. The lowest BCUT2D eigenvalue weighted by Gasteiger charge is -2.32. The molecule has 7 nitrogen and oxygen atoms in total. The number of nitrogens with zero attached hydrogens (tertiary/aromatic N) is 2. The quantitative estimate of drug-likeness (QED) is 0.321. The summed E-state index contributed by atoms with van der Waals surface area (Å²) >= 11 is 0. The van der Waals surface area contributed by atoms with E-state index < -0.39 is 34.3 Å². The fraction of sp³-hybridized carbons (Fsp3) is 0.333. The Labute approximate surface area is 230 Å². The molecule has 2 amide bonds. The number of rotatable bonds is 12. The number of hydrogen-bond acceptors (Lipinski definition) is 4. The van der Waals surface area contributed by atoms with E-state index in [2.05, 4.69) is 5.32 Å². The molecule has 0 bridgehead atoms. The van der Waals surface area contributed by atoms with Crippen LogP contribution in [0.1, 0.15) is 43.4 Å². The molecule has 1 N–H and O–H groups in total. The van der Waals surface area contributed by atoms with Crippen LogP contribution in [0, 0.1) is 19.7 Å². The summed E-state index contributed by atoms with van der Waals surface area (Å²) in [4.78, 5) is 28.3. The lowest BCUT2D eigenvalue weighted by molar-refractivity contribution is -0.139. The number of carbonyl (C=O) groups is 2. The van der Waals surface area contributed by atoms with Crippen LogP contribution in [0.25, 0.3) is 0 Å². The molecule has 0 fully saturated rings. The van der Waals surface area contributed by atoms with E-state index in [9.17, 15) is 22.4 Å². The molecule has 3 rings (SSSR count). The average molecular weight is 554 g/mol. The topological polar surface area (TPSA) is 86.8 Å². The first kappa shape index (κ1) is 29.8. The first-order valence-electron chi connectivity index (χ1n) is 13.0. The maximum absolute atomic E-state index is 13.9. The third-order valence-corrected chi connectivity index (χ3v) is 8.39. The highest BCUT2D eigenvalue weighted by Crippen LogP contribution is 2.25. The number of hydrogen-bond donors (Lipinski definition) is 1. The molecule has 3 aromatic carbocycles. The van der Waals surface area contributed by atoms with Crippen LogP contribution >= 0.6 is 0 Å². The molecule has 0 saturated heterocycles. The predicted molar refractivity (Wildman–Crippen MR) is 151 cm³/mol. The molecule has 0 heterocycles. The standard InChI is InChI=1S/C30H36FN3O4S/c1-5-6-19-32-30(36)24(4)33(20-25-10-8-7-9-23(25)3)29(35)21-34(27-15-13-26(31)14-16-27)39(37,38)28-17-11-22(2)12-18-28/h7-18,24H,5-6,19-21H2,1-4H3,(H,32,36). The highest BCUT2D eigenvalue weighted by Gasteiger charge is 2.32. The number of nitrogens with one attached hydrogen (secondary N) is 1. The van der Waals surface area contributed by atoms with Crippen LogP contribution in [0.2, 0.25) is 0 Å². The van der Waals surface area contributed by atoms with E-state index in [1.165, 1.54) is 29.2 Å². The Morgan fingerprint density at radius 3 is 2.21 bits per heavy atom. The highest BCUT2D eigenvalue weighted by molar-refractivity contribution is 7.92. The van der Waals surface area contributed by atoms with E-state index in [0.29, 0.717) is 6.54 Å². The summed E-state index contributed by atoms with van der Waals surface area (Å²) < 4.78 is 42.2. The van der Waals surface area contributed by atoms with Gasteiger partial charge in [0.05, 0.1) is 10.6 Å². The van der Waals surface area contributed by atoms with Gasteiger partial charge in [-0.25, -0.2) is 12.8 Å². The number of aryl methyl sites for hydroxylation is 2. The molecule has 0 radical (unpaired) electrons. The summed E-state index contributed by atoms with van der Waals surface area (Å²) in [5, 5.41) is 2.87. The van der Waals surface area contributed by atoms with E-state index in [1.807, 2.05) is 45.0 Å². The largest absolute Gasteiger partial charge is 0.354 e. The number of amides is 2. The fourth-order valence-corrected chi connectivity index (χ4v) is 5.48. The first-order chi connectivity index (χ1) is 18.5. The van der Waals surface area contributed by atoms with Gasteiger partial charge in [0, 0.05) is 13.1 Å². The maximum atomic E-state index is 13.9. The second-order valence-corrected chi connectivity index (χ2v) is 11.4. The number of halogens is 1.